The van der Waals surface area contributed by atoms with Crippen molar-refractivity contribution in [3.63, 3.8) is 0 Å². The second kappa shape index (κ2) is 13.1. The monoisotopic (exact) mass is 660 g/mol. The Morgan fingerprint density at radius 3 is 1.48 bits per heavy atom. The third-order valence-corrected chi connectivity index (χ3v) is 17.2. The van der Waals surface area contributed by atoms with Gasteiger partial charge in [0.05, 0.1) is 0 Å². The first-order chi connectivity index (χ1) is 19.7. The van der Waals surface area contributed by atoms with E-state index in [0.29, 0.717) is 7.25 Å². The summed E-state index contributed by atoms with van der Waals surface area (Å²) in [6, 6.07) is 47.2. The Morgan fingerprint density at radius 1 is 0.524 bits per heavy atom. The molecule has 2 aliphatic rings. The summed E-state index contributed by atoms with van der Waals surface area (Å²) in [7, 11) is 0. The summed E-state index contributed by atoms with van der Waals surface area (Å²) in [4.78, 5) is 0. The Bertz CT molecular complexity index is 1710. The summed E-state index contributed by atoms with van der Waals surface area (Å²) in [5.74, 6) is 0. The van der Waals surface area contributed by atoms with Crippen molar-refractivity contribution in [1.82, 2.24) is 0 Å². The van der Waals surface area contributed by atoms with E-state index in [1.165, 1.54) is 44.5 Å². The van der Waals surface area contributed by atoms with Crippen LogP contribution >= 0.6 is 0 Å². The maximum atomic E-state index is 2.53. The van der Waals surface area contributed by atoms with Crippen LogP contribution in [0, 0.1) is 0 Å². The van der Waals surface area contributed by atoms with E-state index in [1.54, 1.807) is 14.3 Å². The van der Waals surface area contributed by atoms with Crippen LogP contribution in [0.2, 0.25) is 3.63 Å². The van der Waals surface area contributed by atoms with Gasteiger partial charge in [-0.3, -0.25) is 0 Å². The van der Waals surface area contributed by atoms with E-state index in [9.17, 15) is 0 Å². The quantitative estimate of drug-likeness (QED) is 0.263. The number of allylic oxidation sites excluding steroid dienone is 4. The molecule has 2 aliphatic carbocycles. The van der Waals surface area contributed by atoms with Crippen molar-refractivity contribution in [2.45, 2.75) is 21.1 Å². The minimum absolute atomic E-state index is 0. The van der Waals surface area contributed by atoms with Crippen LogP contribution in [0.3, 0.4) is 0 Å². The summed E-state index contributed by atoms with van der Waals surface area (Å²) >= 11 is -2.32. The third kappa shape index (κ3) is 5.51. The first-order valence-electron chi connectivity index (χ1n) is 14.2. The van der Waals surface area contributed by atoms with Gasteiger partial charge in [-0.2, -0.15) is 0 Å². The summed E-state index contributed by atoms with van der Waals surface area (Å²) in [5, 5.41) is 0. The summed E-state index contributed by atoms with van der Waals surface area (Å²) in [5.41, 5.74) is 13.9. The van der Waals surface area contributed by atoms with Gasteiger partial charge in [0.15, 0.2) is 0 Å². The molecule has 3 heteroatoms. The van der Waals surface area contributed by atoms with Gasteiger partial charge in [0.1, 0.15) is 0 Å². The minimum Gasteiger partial charge on any atom is -1.00 e. The molecule has 0 amide bonds. The average Bonchev–Trinajstić information content (AvgIpc) is 3.62. The largest absolute Gasteiger partial charge is 1.00 e. The van der Waals surface area contributed by atoms with Crippen molar-refractivity contribution in [3.05, 3.63) is 162 Å². The SMILES string of the molecule is C[C](C)=[Zr+2]([CH]1C=CC=C1c1cc(-c2ccccc2)cc(-c2ccccc2)c1)[CH]1c2ccccc2-c2ccccc21.[Cl-].[Cl-]. The van der Waals surface area contributed by atoms with Crippen LogP contribution in [0.15, 0.2) is 146 Å². The maximum absolute atomic E-state index is 2.53. The van der Waals surface area contributed by atoms with Crippen LogP contribution in [0.5, 0.6) is 0 Å². The van der Waals surface area contributed by atoms with E-state index in [4.69, 9.17) is 0 Å². The molecule has 0 bridgehead atoms. The summed E-state index contributed by atoms with van der Waals surface area (Å²) in [6.45, 7) is 4.83. The predicted molar refractivity (Wildman–Crippen MR) is 168 cm³/mol. The molecule has 5 aromatic carbocycles. The molecule has 5 aromatic rings. The number of fused-ring (bicyclic) bond motifs is 3. The molecule has 0 nitrogen and oxygen atoms in total. The van der Waals surface area contributed by atoms with Crippen LogP contribution in [0.4, 0.5) is 0 Å². The topological polar surface area (TPSA) is 0 Å². The van der Waals surface area contributed by atoms with Crippen LogP contribution < -0.4 is 24.8 Å². The fraction of sp³-hybridized carbons (Fsp3) is 0.103. The number of hydrogen-bond donors (Lipinski definition) is 0. The standard InChI is InChI=1S/C23H17.C13H9.C3H6.2ClH.Zr/c1-3-9-18(10-4-1)21-15-22(19-11-5-2-6-12-19)17-23(16-21)20-13-7-8-14-20;1-3-7-12-10(5-1)9-11-6-2-4-8-13(11)12;1-3-2;;;/h1-17H;1-9H;1-2H3;2*1H;/q;;;;;+2/p-2. The molecule has 0 radical (unpaired) electrons. The van der Waals surface area contributed by atoms with E-state index in [0.717, 1.165) is 0 Å². The van der Waals surface area contributed by atoms with E-state index in [1.807, 2.05) is 0 Å². The van der Waals surface area contributed by atoms with E-state index in [2.05, 4.69) is 159 Å². The molecule has 0 fully saturated rings. The smallest absolute Gasteiger partial charge is 1.00 e. The molecule has 0 N–H and O–H groups in total. The fourth-order valence-corrected chi connectivity index (χ4v) is 15.7. The zero-order valence-electron chi connectivity index (χ0n) is 23.8. The normalized spacial score (nSPS) is 14.5. The van der Waals surface area contributed by atoms with Gasteiger partial charge in [-0.1, -0.05) is 0 Å². The molecule has 0 heterocycles. The van der Waals surface area contributed by atoms with Gasteiger partial charge in [0.2, 0.25) is 0 Å². The van der Waals surface area contributed by atoms with Crippen molar-refractivity contribution in [2.24, 2.45) is 0 Å². The van der Waals surface area contributed by atoms with Gasteiger partial charge in [0, 0.05) is 0 Å². The van der Waals surface area contributed by atoms with Gasteiger partial charge in [-0.05, 0) is 0 Å². The van der Waals surface area contributed by atoms with Crippen LogP contribution in [-0.2, 0) is 21.3 Å². The number of halogens is 2. The molecular formula is C39H32Cl2Zr. The molecule has 0 spiro atoms. The number of rotatable bonds is 5. The molecular weight excluding hydrogens is 631 g/mol. The van der Waals surface area contributed by atoms with Crippen LogP contribution in [-0.4, -0.2) is 3.21 Å². The molecule has 0 aliphatic heterocycles. The Labute approximate surface area is 269 Å². The Hall–Kier alpha value is -3.09. The molecule has 206 valence electrons. The zero-order chi connectivity index (χ0) is 27.1. The van der Waals surface area contributed by atoms with E-state index >= 15 is 0 Å². The van der Waals surface area contributed by atoms with Crippen molar-refractivity contribution >= 4 is 8.78 Å². The second-order valence-corrected chi connectivity index (χ2v) is 18.7. The fourth-order valence-electron chi connectivity index (χ4n) is 6.68. The van der Waals surface area contributed by atoms with Gasteiger partial charge in [-0.25, -0.2) is 0 Å². The molecule has 7 rings (SSSR count). The first kappa shape index (κ1) is 30.4. The van der Waals surface area contributed by atoms with Gasteiger partial charge < -0.3 is 24.8 Å². The second-order valence-electron chi connectivity index (χ2n) is 11.1. The zero-order valence-corrected chi connectivity index (χ0v) is 27.7. The molecule has 1 atom stereocenters. The third-order valence-electron chi connectivity index (χ3n) is 8.45. The van der Waals surface area contributed by atoms with Gasteiger partial charge in [-0.15, -0.1) is 0 Å². The molecule has 0 saturated heterocycles. The van der Waals surface area contributed by atoms with E-state index < -0.39 is 21.3 Å². The minimum atomic E-state index is -2.32. The summed E-state index contributed by atoms with van der Waals surface area (Å²) in [6.07, 6.45) is 7.26. The molecule has 42 heavy (non-hydrogen) atoms. The van der Waals surface area contributed by atoms with E-state index in [-0.39, 0.29) is 24.8 Å². The first-order valence-corrected chi connectivity index (χ1v) is 18.3. The molecule has 0 saturated carbocycles. The van der Waals surface area contributed by atoms with Crippen LogP contribution in [0.25, 0.3) is 39.0 Å². The average molecular weight is 663 g/mol. The van der Waals surface area contributed by atoms with Crippen LogP contribution in [0.1, 0.15) is 34.2 Å². The molecule has 0 aromatic heterocycles. The summed E-state index contributed by atoms with van der Waals surface area (Å²) < 4.78 is 2.69. The van der Waals surface area contributed by atoms with Crippen molar-refractivity contribution in [2.75, 3.05) is 0 Å². The Balaban J connectivity index is 0.00000176. The predicted octanol–water partition coefficient (Wildman–Crippen LogP) is 4.37. The van der Waals surface area contributed by atoms with Gasteiger partial charge in [0.25, 0.3) is 0 Å². The Kier molecular flexibility index (Phi) is 9.44. The molecule has 1 unspecified atom stereocenters. The Morgan fingerprint density at radius 2 is 0.976 bits per heavy atom. The maximum Gasteiger partial charge on any atom is -1.00 e. The van der Waals surface area contributed by atoms with Crippen molar-refractivity contribution in [1.29, 1.82) is 0 Å². The van der Waals surface area contributed by atoms with Crippen molar-refractivity contribution < 1.29 is 46.1 Å². The van der Waals surface area contributed by atoms with Gasteiger partial charge >= 0.3 is 247 Å². The van der Waals surface area contributed by atoms with Crippen molar-refractivity contribution in [3.8, 4) is 33.4 Å². The number of benzene rings is 5. The number of hydrogen-bond acceptors (Lipinski definition) is 0.